The molecule has 2 N–H and O–H groups in total. The highest BCUT2D eigenvalue weighted by Crippen LogP contribution is 2.13. The lowest BCUT2D eigenvalue weighted by Gasteiger charge is -2.32. The van der Waals surface area contributed by atoms with Gasteiger partial charge in [0.05, 0.1) is 6.54 Å². The van der Waals surface area contributed by atoms with E-state index in [-0.39, 0.29) is 17.9 Å². The maximum Gasteiger partial charge on any atom is 0.251 e. The number of rotatable bonds is 6. The number of aryl methyl sites for hydroxylation is 2. The normalized spacial score (nSPS) is 15.2. The Balaban J connectivity index is 1.39. The average Bonchev–Trinajstić information content (AvgIpc) is 2.69. The fourth-order valence-corrected chi connectivity index (χ4v) is 3.49. The van der Waals surface area contributed by atoms with Crippen molar-refractivity contribution in [1.29, 1.82) is 0 Å². The Morgan fingerprint density at radius 1 is 1.00 bits per heavy atom. The van der Waals surface area contributed by atoms with Gasteiger partial charge in [-0.2, -0.15) is 0 Å². The lowest BCUT2D eigenvalue weighted by Crippen LogP contribution is -2.47. The zero-order chi connectivity index (χ0) is 19.9. The second-order valence-corrected chi connectivity index (χ2v) is 7.60. The fourth-order valence-electron chi connectivity index (χ4n) is 3.49. The van der Waals surface area contributed by atoms with Crippen molar-refractivity contribution in [2.45, 2.75) is 39.3 Å². The molecule has 0 aromatic heterocycles. The molecule has 1 aliphatic rings. The smallest absolute Gasteiger partial charge is 0.251 e. The SMILES string of the molecule is Cc1ccc(CNC(=O)CN2CCC(NC(=O)c3ccccc3C)CC2)cc1. The van der Waals surface area contributed by atoms with Gasteiger partial charge in [-0.3, -0.25) is 14.5 Å². The van der Waals surface area contributed by atoms with Crippen molar-refractivity contribution in [3.8, 4) is 0 Å². The van der Waals surface area contributed by atoms with Crippen LogP contribution in [0.15, 0.2) is 48.5 Å². The van der Waals surface area contributed by atoms with Gasteiger partial charge in [-0.1, -0.05) is 48.0 Å². The average molecular weight is 380 g/mol. The summed E-state index contributed by atoms with van der Waals surface area (Å²) in [6.45, 7) is 6.60. The Morgan fingerprint density at radius 2 is 1.68 bits per heavy atom. The summed E-state index contributed by atoms with van der Waals surface area (Å²) < 4.78 is 0. The van der Waals surface area contributed by atoms with Gasteiger partial charge < -0.3 is 10.6 Å². The number of carbonyl (C=O) groups excluding carboxylic acids is 2. The van der Waals surface area contributed by atoms with E-state index < -0.39 is 0 Å². The van der Waals surface area contributed by atoms with E-state index in [1.165, 1.54) is 5.56 Å². The van der Waals surface area contributed by atoms with Crippen LogP contribution < -0.4 is 10.6 Å². The predicted octanol–water partition coefficient (Wildman–Crippen LogP) is 2.81. The molecule has 0 spiro atoms. The molecule has 5 heteroatoms. The van der Waals surface area contributed by atoms with E-state index >= 15 is 0 Å². The zero-order valence-corrected chi connectivity index (χ0v) is 16.7. The molecular formula is C23H29N3O2. The first-order valence-electron chi connectivity index (χ1n) is 9.92. The molecule has 2 aromatic rings. The number of nitrogens with zero attached hydrogens (tertiary/aromatic N) is 1. The molecule has 0 radical (unpaired) electrons. The quantitative estimate of drug-likeness (QED) is 0.811. The standard InChI is InChI=1S/C23H29N3O2/c1-17-7-9-19(10-8-17)15-24-22(27)16-26-13-11-20(12-14-26)25-23(28)21-6-4-3-5-18(21)2/h3-10,20H,11-16H2,1-2H3,(H,24,27)(H,25,28). The third kappa shape index (κ3) is 5.67. The first-order valence-corrected chi connectivity index (χ1v) is 9.92. The van der Waals surface area contributed by atoms with E-state index in [4.69, 9.17) is 0 Å². The van der Waals surface area contributed by atoms with Crippen LogP contribution in [0.1, 0.15) is 39.9 Å². The summed E-state index contributed by atoms with van der Waals surface area (Å²) in [5, 5.41) is 6.12. The lowest BCUT2D eigenvalue weighted by atomic mass is 10.0. The summed E-state index contributed by atoms with van der Waals surface area (Å²) >= 11 is 0. The number of hydrogen-bond acceptors (Lipinski definition) is 3. The molecule has 1 aliphatic heterocycles. The Morgan fingerprint density at radius 3 is 2.36 bits per heavy atom. The number of benzene rings is 2. The molecule has 0 unspecified atom stereocenters. The molecule has 148 valence electrons. The zero-order valence-electron chi connectivity index (χ0n) is 16.7. The van der Waals surface area contributed by atoms with Crippen LogP contribution in [0.5, 0.6) is 0 Å². The minimum Gasteiger partial charge on any atom is -0.351 e. The Kier molecular flexibility index (Phi) is 6.82. The first-order chi connectivity index (χ1) is 13.5. The van der Waals surface area contributed by atoms with Gasteiger partial charge in [0, 0.05) is 31.2 Å². The monoisotopic (exact) mass is 379 g/mol. The third-order valence-corrected chi connectivity index (χ3v) is 5.29. The highest BCUT2D eigenvalue weighted by atomic mass is 16.2. The Hall–Kier alpha value is -2.66. The summed E-state index contributed by atoms with van der Waals surface area (Å²) in [5.74, 6) is 0.0374. The Labute approximate surface area is 167 Å². The summed E-state index contributed by atoms with van der Waals surface area (Å²) in [4.78, 5) is 26.8. The lowest BCUT2D eigenvalue weighted by molar-refractivity contribution is -0.122. The minimum atomic E-state index is -0.00705. The van der Waals surface area contributed by atoms with E-state index in [1.54, 1.807) is 0 Å². The molecule has 2 aromatic carbocycles. The number of likely N-dealkylation sites (tertiary alicyclic amines) is 1. The minimum absolute atomic E-state index is 0.00705. The number of carbonyl (C=O) groups is 2. The van der Waals surface area contributed by atoms with Gasteiger partial charge in [-0.05, 0) is 43.9 Å². The van der Waals surface area contributed by atoms with Crippen molar-refractivity contribution in [2.75, 3.05) is 19.6 Å². The van der Waals surface area contributed by atoms with Crippen molar-refractivity contribution in [3.63, 3.8) is 0 Å². The van der Waals surface area contributed by atoms with Gasteiger partial charge in [0.25, 0.3) is 5.91 Å². The molecule has 1 fully saturated rings. The van der Waals surface area contributed by atoms with Crippen LogP contribution in [0.25, 0.3) is 0 Å². The summed E-state index contributed by atoms with van der Waals surface area (Å²) in [6.07, 6.45) is 1.73. The van der Waals surface area contributed by atoms with Crippen molar-refractivity contribution in [1.82, 2.24) is 15.5 Å². The number of piperidine rings is 1. The van der Waals surface area contributed by atoms with Crippen LogP contribution in [-0.2, 0) is 11.3 Å². The van der Waals surface area contributed by atoms with Gasteiger partial charge in [-0.25, -0.2) is 0 Å². The van der Waals surface area contributed by atoms with Crippen molar-refractivity contribution in [2.24, 2.45) is 0 Å². The molecule has 0 aliphatic carbocycles. The number of amides is 2. The topological polar surface area (TPSA) is 61.4 Å². The highest BCUT2D eigenvalue weighted by Gasteiger charge is 2.22. The fraction of sp³-hybridized carbons (Fsp3) is 0.391. The van der Waals surface area contributed by atoms with E-state index in [0.29, 0.717) is 13.1 Å². The molecule has 0 atom stereocenters. The summed E-state index contributed by atoms with van der Waals surface area (Å²) in [6, 6.07) is 16.0. The van der Waals surface area contributed by atoms with Crippen LogP contribution in [0.4, 0.5) is 0 Å². The van der Waals surface area contributed by atoms with E-state index in [1.807, 2.05) is 43.3 Å². The van der Waals surface area contributed by atoms with Gasteiger partial charge in [-0.15, -0.1) is 0 Å². The molecular weight excluding hydrogens is 350 g/mol. The number of hydrogen-bond donors (Lipinski definition) is 2. The predicted molar refractivity (Wildman–Crippen MR) is 111 cm³/mol. The third-order valence-electron chi connectivity index (χ3n) is 5.29. The van der Waals surface area contributed by atoms with Gasteiger partial charge in [0.2, 0.25) is 5.91 Å². The number of nitrogens with one attached hydrogen (secondary N) is 2. The van der Waals surface area contributed by atoms with Crippen LogP contribution >= 0.6 is 0 Å². The van der Waals surface area contributed by atoms with E-state index in [9.17, 15) is 9.59 Å². The molecule has 0 saturated carbocycles. The van der Waals surface area contributed by atoms with Crippen LogP contribution in [0.3, 0.4) is 0 Å². The molecule has 1 heterocycles. The largest absolute Gasteiger partial charge is 0.351 e. The molecule has 3 rings (SSSR count). The maximum absolute atomic E-state index is 12.4. The van der Waals surface area contributed by atoms with E-state index in [0.717, 1.165) is 42.6 Å². The summed E-state index contributed by atoms with van der Waals surface area (Å²) in [7, 11) is 0. The van der Waals surface area contributed by atoms with Crippen LogP contribution in [0, 0.1) is 13.8 Å². The molecule has 5 nitrogen and oxygen atoms in total. The van der Waals surface area contributed by atoms with Crippen molar-refractivity contribution < 1.29 is 9.59 Å². The molecule has 0 bridgehead atoms. The van der Waals surface area contributed by atoms with Crippen molar-refractivity contribution in [3.05, 3.63) is 70.8 Å². The second-order valence-electron chi connectivity index (χ2n) is 7.60. The Bertz CT molecular complexity index is 809. The molecule has 2 amide bonds. The van der Waals surface area contributed by atoms with Gasteiger partial charge in [0.1, 0.15) is 0 Å². The first kappa shape index (κ1) is 20.1. The maximum atomic E-state index is 12.4. The second kappa shape index (κ2) is 9.51. The van der Waals surface area contributed by atoms with Gasteiger partial charge in [0.15, 0.2) is 0 Å². The summed E-state index contributed by atoms with van der Waals surface area (Å²) in [5.41, 5.74) is 4.05. The highest BCUT2D eigenvalue weighted by molar-refractivity contribution is 5.95. The molecule has 1 saturated heterocycles. The molecule has 28 heavy (non-hydrogen) atoms. The van der Waals surface area contributed by atoms with E-state index in [2.05, 4.69) is 34.6 Å². The van der Waals surface area contributed by atoms with Crippen LogP contribution in [0.2, 0.25) is 0 Å². The van der Waals surface area contributed by atoms with Gasteiger partial charge >= 0.3 is 0 Å². The van der Waals surface area contributed by atoms with Crippen molar-refractivity contribution >= 4 is 11.8 Å². The van der Waals surface area contributed by atoms with Crippen LogP contribution in [-0.4, -0.2) is 42.4 Å².